The summed E-state index contributed by atoms with van der Waals surface area (Å²) < 4.78 is 5.08. The number of anilines is 1. The number of hydrogen-bond donors (Lipinski definition) is 1. The lowest BCUT2D eigenvalue weighted by Crippen LogP contribution is -2.49. The molecule has 1 saturated carbocycles. The van der Waals surface area contributed by atoms with Crippen molar-refractivity contribution in [3.05, 3.63) is 29.8 Å². The van der Waals surface area contributed by atoms with Gasteiger partial charge in [0, 0.05) is 12.2 Å². The van der Waals surface area contributed by atoms with Gasteiger partial charge in [0.1, 0.15) is 12.1 Å². The van der Waals surface area contributed by atoms with Gasteiger partial charge in [-0.15, -0.1) is 0 Å². The van der Waals surface area contributed by atoms with Gasteiger partial charge in [-0.1, -0.05) is 25.1 Å². The Morgan fingerprint density at radius 2 is 1.93 bits per heavy atom. The quantitative estimate of drug-likeness (QED) is 0.613. The van der Waals surface area contributed by atoms with Crippen molar-refractivity contribution in [2.24, 2.45) is 5.92 Å². The minimum absolute atomic E-state index is 0.321. The fourth-order valence-corrected chi connectivity index (χ4v) is 4.41. The Balaban J connectivity index is 1.32. The summed E-state index contributed by atoms with van der Waals surface area (Å²) in [6.45, 7) is 1.77. The molecule has 2 fully saturated rings. The number of amides is 4. The number of carbonyl (C=O) groups excluding carboxylic acids is 4. The molecule has 4 amide bonds. The number of rotatable bonds is 4. The highest BCUT2D eigenvalue weighted by Crippen LogP contribution is 2.36. The summed E-state index contributed by atoms with van der Waals surface area (Å²) in [4.78, 5) is 52.2. The summed E-state index contributed by atoms with van der Waals surface area (Å²) in [7, 11) is 0. The summed E-state index contributed by atoms with van der Waals surface area (Å²) in [5.74, 6) is -0.939. The number of esters is 1. The molecule has 1 aromatic rings. The highest BCUT2D eigenvalue weighted by Gasteiger charge is 2.52. The van der Waals surface area contributed by atoms with Crippen LogP contribution in [0, 0.1) is 5.92 Å². The van der Waals surface area contributed by atoms with E-state index in [2.05, 4.69) is 12.2 Å². The van der Waals surface area contributed by atoms with Gasteiger partial charge in [0.25, 0.3) is 11.8 Å². The third-order valence-corrected chi connectivity index (χ3v) is 6.21. The number of hydrogen-bond acceptors (Lipinski definition) is 5. The SMILES string of the molecule is CC1CCC2(CC1)NC(=O)N(CC(=O)OCC(=O)N1CCc3ccccc31)C2=O. The second kappa shape index (κ2) is 7.50. The molecular weight excluding hydrogens is 374 g/mol. The zero-order chi connectivity index (χ0) is 20.6. The van der Waals surface area contributed by atoms with Gasteiger partial charge < -0.3 is 15.0 Å². The van der Waals surface area contributed by atoms with Crippen molar-refractivity contribution in [2.45, 2.75) is 44.6 Å². The Bertz CT molecular complexity index is 860. The second-order valence-electron chi connectivity index (χ2n) is 8.17. The molecule has 0 bridgehead atoms. The number of para-hydroxylation sites is 1. The van der Waals surface area contributed by atoms with Crippen LogP contribution in [0.5, 0.6) is 0 Å². The monoisotopic (exact) mass is 399 g/mol. The van der Waals surface area contributed by atoms with Gasteiger partial charge in [-0.25, -0.2) is 4.79 Å². The molecule has 0 aromatic heterocycles. The van der Waals surface area contributed by atoms with Crippen LogP contribution in [0.2, 0.25) is 0 Å². The molecule has 2 heterocycles. The molecule has 1 N–H and O–H groups in total. The fourth-order valence-electron chi connectivity index (χ4n) is 4.41. The molecule has 3 aliphatic rings. The summed E-state index contributed by atoms with van der Waals surface area (Å²) in [5, 5.41) is 2.77. The Morgan fingerprint density at radius 3 is 2.69 bits per heavy atom. The van der Waals surface area contributed by atoms with Crippen molar-refractivity contribution in [3.63, 3.8) is 0 Å². The van der Waals surface area contributed by atoms with Crippen molar-refractivity contribution < 1.29 is 23.9 Å². The average molecular weight is 399 g/mol. The molecule has 8 nitrogen and oxygen atoms in total. The average Bonchev–Trinajstić information content (AvgIpc) is 3.24. The van der Waals surface area contributed by atoms with E-state index < -0.39 is 30.7 Å². The van der Waals surface area contributed by atoms with Crippen LogP contribution in [0.1, 0.15) is 38.2 Å². The molecule has 4 rings (SSSR count). The number of imide groups is 1. The van der Waals surface area contributed by atoms with E-state index in [-0.39, 0.29) is 11.8 Å². The Kier molecular flexibility index (Phi) is 5.02. The standard InChI is InChI=1S/C21H25N3O5/c1-14-6-9-21(10-7-14)19(27)24(20(28)22-21)12-18(26)29-13-17(25)23-11-8-15-4-2-3-5-16(15)23/h2-5,14H,6-13H2,1H3,(H,22,28). The maximum absolute atomic E-state index is 12.8. The van der Waals surface area contributed by atoms with E-state index in [1.165, 1.54) is 0 Å². The lowest BCUT2D eigenvalue weighted by Gasteiger charge is -2.33. The summed E-state index contributed by atoms with van der Waals surface area (Å²) in [6, 6.07) is 7.04. The van der Waals surface area contributed by atoms with Gasteiger partial charge in [-0.05, 0) is 49.7 Å². The van der Waals surface area contributed by atoms with E-state index in [1.54, 1.807) is 4.90 Å². The van der Waals surface area contributed by atoms with Crippen LogP contribution in [-0.2, 0) is 25.5 Å². The number of urea groups is 1. The summed E-state index contributed by atoms with van der Waals surface area (Å²) in [5.41, 5.74) is 1.02. The predicted octanol–water partition coefficient (Wildman–Crippen LogP) is 1.62. The number of benzene rings is 1. The second-order valence-corrected chi connectivity index (χ2v) is 8.17. The first kappa shape index (κ1) is 19.4. The minimum Gasteiger partial charge on any atom is -0.454 e. The highest BCUT2D eigenvalue weighted by atomic mass is 16.5. The van der Waals surface area contributed by atoms with Crippen molar-refractivity contribution in [3.8, 4) is 0 Å². The van der Waals surface area contributed by atoms with Crippen molar-refractivity contribution in [1.82, 2.24) is 10.2 Å². The minimum atomic E-state index is -0.890. The first-order valence-electron chi connectivity index (χ1n) is 10.1. The van der Waals surface area contributed by atoms with Crippen molar-refractivity contribution in [2.75, 3.05) is 24.6 Å². The van der Waals surface area contributed by atoms with Crippen LogP contribution >= 0.6 is 0 Å². The molecule has 0 atom stereocenters. The molecule has 2 aliphatic heterocycles. The van der Waals surface area contributed by atoms with Gasteiger partial charge >= 0.3 is 12.0 Å². The molecule has 29 heavy (non-hydrogen) atoms. The molecule has 0 unspecified atom stereocenters. The summed E-state index contributed by atoms with van der Waals surface area (Å²) in [6.07, 6.45) is 3.64. The number of nitrogens with one attached hydrogen (secondary N) is 1. The molecule has 1 spiro atoms. The van der Waals surface area contributed by atoms with Crippen molar-refractivity contribution >= 4 is 29.5 Å². The molecule has 8 heteroatoms. The van der Waals surface area contributed by atoms with Crippen LogP contribution in [-0.4, -0.2) is 54.0 Å². The number of nitrogens with zero attached hydrogens (tertiary/aromatic N) is 2. The van der Waals surface area contributed by atoms with Gasteiger partial charge in [0.2, 0.25) is 0 Å². The topological polar surface area (TPSA) is 96.0 Å². The maximum atomic E-state index is 12.8. The Morgan fingerprint density at radius 1 is 1.21 bits per heavy atom. The van der Waals surface area contributed by atoms with Crippen LogP contribution in [0.4, 0.5) is 10.5 Å². The molecular formula is C21H25N3O5. The molecule has 1 aliphatic carbocycles. The van der Waals surface area contributed by atoms with Crippen LogP contribution in [0.15, 0.2) is 24.3 Å². The Labute approximate surface area is 169 Å². The third-order valence-electron chi connectivity index (χ3n) is 6.21. The zero-order valence-electron chi connectivity index (χ0n) is 16.5. The van der Waals surface area contributed by atoms with Gasteiger partial charge in [0.05, 0.1) is 0 Å². The number of ether oxygens (including phenoxy) is 1. The molecule has 1 saturated heterocycles. The predicted molar refractivity (Wildman–Crippen MR) is 104 cm³/mol. The first-order valence-corrected chi connectivity index (χ1v) is 10.1. The van der Waals surface area contributed by atoms with Gasteiger partial charge in [-0.3, -0.25) is 19.3 Å². The summed E-state index contributed by atoms with van der Waals surface area (Å²) >= 11 is 0. The van der Waals surface area contributed by atoms with E-state index >= 15 is 0 Å². The fraction of sp³-hybridized carbons (Fsp3) is 0.524. The third kappa shape index (κ3) is 3.59. The maximum Gasteiger partial charge on any atom is 0.326 e. The van der Waals surface area contributed by atoms with E-state index in [0.717, 1.165) is 35.4 Å². The molecule has 1 aromatic carbocycles. The van der Waals surface area contributed by atoms with Gasteiger partial charge in [-0.2, -0.15) is 0 Å². The Hall–Kier alpha value is -2.90. The highest BCUT2D eigenvalue weighted by molar-refractivity contribution is 6.08. The lowest BCUT2D eigenvalue weighted by atomic mass is 9.77. The molecule has 154 valence electrons. The van der Waals surface area contributed by atoms with Gasteiger partial charge in [0.15, 0.2) is 6.61 Å². The number of carbonyl (C=O) groups is 4. The van der Waals surface area contributed by atoms with E-state index in [4.69, 9.17) is 4.74 Å². The molecule has 0 radical (unpaired) electrons. The largest absolute Gasteiger partial charge is 0.454 e. The normalized spacial score (nSPS) is 25.9. The van der Waals surface area contributed by atoms with Crippen molar-refractivity contribution in [1.29, 1.82) is 0 Å². The number of fused-ring (bicyclic) bond motifs is 1. The van der Waals surface area contributed by atoms with Crippen LogP contribution < -0.4 is 10.2 Å². The van der Waals surface area contributed by atoms with E-state index in [9.17, 15) is 19.2 Å². The zero-order valence-corrected chi connectivity index (χ0v) is 16.5. The first-order chi connectivity index (χ1) is 13.9. The smallest absolute Gasteiger partial charge is 0.326 e. The van der Waals surface area contributed by atoms with Crippen LogP contribution in [0.25, 0.3) is 0 Å². The van der Waals surface area contributed by atoms with Crippen LogP contribution in [0.3, 0.4) is 0 Å². The lowest BCUT2D eigenvalue weighted by molar-refractivity contribution is -0.150. The van der Waals surface area contributed by atoms with E-state index in [1.807, 2.05) is 24.3 Å². The van der Waals surface area contributed by atoms with E-state index in [0.29, 0.717) is 25.3 Å².